The van der Waals surface area contributed by atoms with Crippen LogP contribution in [0.4, 0.5) is 17.6 Å². The highest BCUT2D eigenvalue weighted by molar-refractivity contribution is 7.98. The van der Waals surface area contributed by atoms with E-state index in [9.17, 15) is 13.2 Å². The van der Waals surface area contributed by atoms with Crippen LogP contribution >= 0.6 is 11.8 Å². The van der Waals surface area contributed by atoms with Gasteiger partial charge >= 0.3 is 6.18 Å². The van der Waals surface area contributed by atoms with Gasteiger partial charge in [0.1, 0.15) is 17.2 Å². The molecule has 1 atom stereocenters. The number of para-hydroxylation sites is 1. The molecule has 0 aliphatic rings. The first kappa shape index (κ1) is 23.0. The Bertz CT molecular complexity index is 961. The van der Waals surface area contributed by atoms with Gasteiger partial charge in [-0.25, -0.2) is 4.39 Å². The average Bonchev–Trinajstić information content (AvgIpc) is 2.75. The molecule has 0 bridgehead atoms. The third kappa shape index (κ3) is 5.94. The summed E-state index contributed by atoms with van der Waals surface area (Å²) in [4.78, 5) is 0. The largest absolute Gasteiger partial charge is 0.494 e. The van der Waals surface area contributed by atoms with Gasteiger partial charge in [-0.05, 0) is 54.4 Å². The van der Waals surface area contributed by atoms with Gasteiger partial charge in [-0.3, -0.25) is 0 Å². The molecule has 3 aromatic carbocycles. The molecule has 0 radical (unpaired) electrons. The predicted molar refractivity (Wildman–Crippen MR) is 116 cm³/mol. The Kier molecular flexibility index (Phi) is 7.49. The van der Waals surface area contributed by atoms with E-state index in [0.717, 1.165) is 29.5 Å². The van der Waals surface area contributed by atoms with Crippen LogP contribution in [0.2, 0.25) is 0 Å². The van der Waals surface area contributed by atoms with E-state index in [1.165, 1.54) is 12.1 Å². The number of rotatable bonds is 9. The number of halogens is 4. The summed E-state index contributed by atoms with van der Waals surface area (Å²) in [6.45, 7) is 2.14. The molecule has 0 aliphatic carbocycles. The van der Waals surface area contributed by atoms with Crippen molar-refractivity contribution in [2.45, 2.75) is 24.5 Å². The Balaban J connectivity index is 1.68. The van der Waals surface area contributed by atoms with Gasteiger partial charge < -0.3 is 9.47 Å². The van der Waals surface area contributed by atoms with E-state index in [2.05, 4.69) is 0 Å². The van der Waals surface area contributed by atoms with Gasteiger partial charge in [0.15, 0.2) is 0 Å². The van der Waals surface area contributed by atoms with Crippen LogP contribution in [0.5, 0.6) is 17.2 Å². The summed E-state index contributed by atoms with van der Waals surface area (Å²) in [6, 6.07) is 21.2. The van der Waals surface area contributed by atoms with Crippen molar-refractivity contribution >= 4 is 11.8 Å². The van der Waals surface area contributed by atoms with E-state index < -0.39 is 23.2 Å². The van der Waals surface area contributed by atoms with Gasteiger partial charge in [-0.1, -0.05) is 42.5 Å². The van der Waals surface area contributed by atoms with Gasteiger partial charge in [-0.2, -0.15) is 24.9 Å². The molecular weight excluding hydrogens is 428 g/mol. The van der Waals surface area contributed by atoms with Crippen molar-refractivity contribution in [3.63, 3.8) is 0 Å². The molecule has 0 heterocycles. The minimum atomic E-state index is -5.04. The lowest BCUT2D eigenvalue weighted by Crippen LogP contribution is -2.40. The molecule has 7 heteroatoms. The lowest BCUT2D eigenvalue weighted by molar-refractivity contribution is -0.226. The molecule has 31 heavy (non-hydrogen) atoms. The fourth-order valence-electron chi connectivity index (χ4n) is 2.94. The first-order valence-electron chi connectivity index (χ1n) is 9.70. The van der Waals surface area contributed by atoms with Crippen LogP contribution in [0.1, 0.15) is 18.1 Å². The van der Waals surface area contributed by atoms with Crippen molar-refractivity contribution in [2.24, 2.45) is 0 Å². The van der Waals surface area contributed by atoms with Crippen LogP contribution in [0, 0.1) is 0 Å². The molecule has 0 saturated heterocycles. The Morgan fingerprint density at radius 3 is 2.10 bits per heavy atom. The third-order valence-electron chi connectivity index (χ3n) is 4.52. The lowest BCUT2D eigenvalue weighted by atomic mass is 9.97. The second-order valence-electron chi connectivity index (χ2n) is 6.81. The molecule has 3 rings (SSSR count). The number of hydrogen-bond donors (Lipinski definition) is 0. The van der Waals surface area contributed by atoms with Crippen LogP contribution in [0.15, 0.2) is 78.9 Å². The summed E-state index contributed by atoms with van der Waals surface area (Å²) in [7, 11) is 0. The number of thioether (sulfide) groups is 1. The average molecular weight is 450 g/mol. The van der Waals surface area contributed by atoms with Crippen molar-refractivity contribution in [2.75, 3.05) is 12.4 Å². The Hall–Kier alpha value is -2.67. The van der Waals surface area contributed by atoms with E-state index in [0.29, 0.717) is 23.9 Å². The molecule has 0 aromatic heterocycles. The molecular formula is C24H22F4O2S. The summed E-state index contributed by atoms with van der Waals surface area (Å²) in [5, 5.41) is 0. The summed E-state index contributed by atoms with van der Waals surface area (Å²) in [5.41, 5.74) is -3.15. The molecule has 0 fully saturated rings. The summed E-state index contributed by atoms with van der Waals surface area (Å²) >= 11 is 0.883. The van der Waals surface area contributed by atoms with Crippen LogP contribution < -0.4 is 9.47 Å². The van der Waals surface area contributed by atoms with E-state index in [1.807, 2.05) is 18.2 Å². The van der Waals surface area contributed by atoms with Crippen LogP contribution in [0.3, 0.4) is 0 Å². The summed E-state index contributed by atoms with van der Waals surface area (Å²) in [5.74, 6) is 1.08. The lowest BCUT2D eigenvalue weighted by Gasteiger charge is -2.28. The van der Waals surface area contributed by atoms with Crippen molar-refractivity contribution in [3.8, 4) is 17.2 Å². The van der Waals surface area contributed by atoms with E-state index in [-0.39, 0.29) is 5.75 Å². The standard InChI is InChI=1S/C24H22F4O2S/c1-2-29-20-13-11-19(12-14-20)23(25,24(26,27)28)17-31-16-18-7-6-10-22(15-18)30-21-8-4-3-5-9-21/h3-15H,2,16-17H2,1H3. The van der Waals surface area contributed by atoms with Gasteiger partial charge in [-0.15, -0.1) is 0 Å². The zero-order valence-electron chi connectivity index (χ0n) is 16.9. The maximum atomic E-state index is 15.2. The molecule has 2 nitrogen and oxygen atoms in total. The third-order valence-corrected chi connectivity index (χ3v) is 5.66. The SMILES string of the molecule is CCOc1ccc(C(F)(CSCc2cccc(Oc3ccccc3)c2)C(F)(F)F)cc1. The molecule has 3 aromatic rings. The highest BCUT2D eigenvalue weighted by atomic mass is 32.2. The van der Waals surface area contributed by atoms with Crippen molar-refractivity contribution in [1.82, 2.24) is 0 Å². The zero-order valence-corrected chi connectivity index (χ0v) is 17.7. The number of alkyl halides is 4. The second-order valence-corrected chi connectivity index (χ2v) is 7.80. The smallest absolute Gasteiger partial charge is 0.427 e. The highest BCUT2D eigenvalue weighted by Crippen LogP contribution is 2.45. The predicted octanol–water partition coefficient (Wildman–Crippen LogP) is 7.54. The number of ether oxygens (including phenoxy) is 2. The van der Waals surface area contributed by atoms with Crippen molar-refractivity contribution in [3.05, 3.63) is 90.0 Å². The monoisotopic (exact) mass is 450 g/mol. The second kappa shape index (κ2) is 10.1. The van der Waals surface area contributed by atoms with Crippen molar-refractivity contribution in [1.29, 1.82) is 0 Å². The number of benzene rings is 3. The number of hydrogen-bond acceptors (Lipinski definition) is 3. The molecule has 1 unspecified atom stereocenters. The highest BCUT2D eigenvalue weighted by Gasteiger charge is 2.57. The normalized spacial score (nSPS) is 13.5. The van der Waals surface area contributed by atoms with Gasteiger partial charge in [0, 0.05) is 11.5 Å². The van der Waals surface area contributed by atoms with E-state index in [4.69, 9.17) is 9.47 Å². The molecule has 0 aliphatic heterocycles. The van der Waals surface area contributed by atoms with Gasteiger partial charge in [0.25, 0.3) is 0 Å². The van der Waals surface area contributed by atoms with Gasteiger partial charge in [0.2, 0.25) is 5.67 Å². The molecule has 0 saturated carbocycles. The molecule has 0 N–H and O–H groups in total. The van der Waals surface area contributed by atoms with E-state index >= 15 is 4.39 Å². The molecule has 0 amide bonds. The Labute approximate surface area is 183 Å². The summed E-state index contributed by atoms with van der Waals surface area (Å²) < 4.78 is 67.1. The minimum Gasteiger partial charge on any atom is -0.494 e. The van der Waals surface area contributed by atoms with Crippen LogP contribution in [-0.2, 0) is 11.4 Å². The van der Waals surface area contributed by atoms with Crippen LogP contribution in [0.25, 0.3) is 0 Å². The molecule has 0 spiro atoms. The van der Waals surface area contributed by atoms with Crippen molar-refractivity contribution < 1.29 is 27.0 Å². The van der Waals surface area contributed by atoms with E-state index in [1.54, 1.807) is 43.3 Å². The summed E-state index contributed by atoms with van der Waals surface area (Å²) in [6.07, 6.45) is -5.04. The Morgan fingerprint density at radius 1 is 0.774 bits per heavy atom. The minimum absolute atomic E-state index is 0.213. The maximum Gasteiger partial charge on any atom is 0.427 e. The topological polar surface area (TPSA) is 18.5 Å². The first-order chi connectivity index (χ1) is 14.8. The maximum absolute atomic E-state index is 15.2. The zero-order chi connectivity index (χ0) is 22.3. The fourth-order valence-corrected chi connectivity index (χ4v) is 4.07. The molecule has 164 valence electrons. The first-order valence-corrected chi connectivity index (χ1v) is 10.9. The fraction of sp³-hybridized carbons (Fsp3) is 0.250. The Morgan fingerprint density at radius 2 is 1.45 bits per heavy atom. The van der Waals surface area contributed by atoms with Gasteiger partial charge in [0.05, 0.1) is 6.61 Å². The quantitative estimate of drug-likeness (QED) is 0.314. The van der Waals surface area contributed by atoms with Crippen LogP contribution in [-0.4, -0.2) is 18.5 Å².